The minimum atomic E-state index is 0.276. The molecule has 4 nitrogen and oxygen atoms in total. The highest BCUT2D eigenvalue weighted by Crippen LogP contribution is 2.40. The van der Waals surface area contributed by atoms with Crippen molar-refractivity contribution >= 4 is 10.8 Å². The van der Waals surface area contributed by atoms with Crippen LogP contribution in [0.25, 0.3) is 22.2 Å². The molecule has 0 amide bonds. The molecule has 0 bridgehead atoms. The Morgan fingerprint density at radius 2 is 1.91 bits per heavy atom. The number of hydrogen-bond acceptors (Lipinski definition) is 3. The summed E-state index contributed by atoms with van der Waals surface area (Å²) in [5.41, 5.74) is 4.94. The van der Waals surface area contributed by atoms with Gasteiger partial charge in [-0.1, -0.05) is 59.7 Å². The van der Waals surface area contributed by atoms with Crippen LogP contribution < -0.4 is 0 Å². The fraction of sp³-hybridized carbons (Fsp3) is 0.167. The van der Waals surface area contributed by atoms with Crippen molar-refractivity contribution in [1.82, 2.24) is 20.6 Å². The first-order chi connectivity index (χ1) is 10.7. The summed E-state index contributed by atoms with van der Waals surface area (Å²) in [5, 5.41) is 17.1. The third-order valence-electron chi connectivity index (χ3n) is 4.24. The Bertz CT molecular complexity index is 904. The summed E-state index contributed by atoms with van der Waals surface area (Å²) in [4.78, 5) is 0. The molecule has 1 heterocycles. The first kappa shape index (κ1) is 13.0. The van der Waals surface area contributed by atoms with E-state index in [1.54, 1.807) is 0 Å². The molecule has 0 aliphatic heterocycles. The van der Waals surface area contributed by atoms with Crippen LogP contribution in [0.5, 0.6) is 0 Å². The number of hydrogen-bond donors (Lipinski definition) is 1. The molecular formula is C18H16N4. The van der Waals surface area contributed by atoms with Crippen LogP contribution in [0, 0.1) is 0 Å². The average molecular weight is 288 g/mol. The molecule has 0 saturated heterocycles. The quantitative estimate of drug-likeness (QED) is 0.775. The highest BCUT2D eigenvalue weighted by molar-refractivity contribution is 5.97. The molecule has 2 aromatic carbocycles. The topological polar surface area (TPSA) is 54.5 Å². The van der Waals surface area contributed by atoms with E-state index in [1.165, 1.54) is 22.1 Å². The number of benzene rings is 2. The molecule has 1 atom stereocenters. The number of H-pyrrole nitrogens is 1. The molecule has 4 heteroatoms. The molecule has 0 radical (unpaired) electrons. The van der Waals surface area contributed by atoms with E-state index in [0.29, 0.717) is 5.82 Å². The normalized spacial score (nSPS) is 17.6. The molecule has 1 aliphatic rings. The van der Waals surface area contributed by atoms with Gasteiger partial charge in [0.1, 0.15) is 0 Å². The van der Waals surface area contributed by atoms with E-state index in [4.69, 9.17) is 0 Å². The van der Waals surface area contributed by atoms with Crippen molar-refractivity contribution in [3.05, 3.63) is 65.3 Å². The lowest BCUT2D eigenvalue weighted by Crippen LogP contribution is -1.99. The maximum Gasteiger partial charge on any atom is 0.205 e. The molecule has 22 heavy (non-hydrogen) atoms. The Hall–Kier alpha value is -2.75. The lowest BCUT2D eigenvalue weighted by atomic mass is 9.87. The fourth-order valence-corrected chi connectivity index (χ4v) is 3.29. The molecule has 0 saturated carbocycles. The van der Waals surface area contributed by atoms with Gasteiger partial charge in [0.25, 0.3) is 0 Å². The minimum Gasteiger partial charge on any atom is -0.177 e. The second-order valence-corrected chi connectivity index (χ2v) is 5.76. The SMILES string of the molecule is CC1=CC(c2ccc3ccccc3c2-c2nn[nH]n2)C(C)=C1. The summed E-state index contributed by atoms with van der Waals surface area (Å²) in [7, 11) is 0. The zero-order valence-corrected chi connectivity index (χ0v) is 12.5. The van der Waals surface area contributed by atoms with Gasteiger partial charge in [-0.3, -0.25) is 0 Å². The van der Waals surface area contributed by atoms with Gasteiger partial charge in [0.05, 0.1) is 0 Å². The standard InChI is InChI=1S/C18H16N4/c1-11-9-12(2)16(10-11)15-8-7-13-5-3-4-6-14(13)17(15)18-19-21-22-20-18/h3-10,16H,1-2H3,(H,19,20,21,22). The highest BCUT2D eigenvalue weighted by atomic mass is 15.5. The molecular weight excluding hydrogens is 272 g/mol. The molecule has 108 valence electrons. The maximum atomic E-state index is 4.23. The minimum absolute atomic E-state index is 0.276. The van der Waals surface area contributed by atoms with Crippen molar-refractivity contribution in [3.63, 3.8) is 0 Å². The van der Waals surface area contributed by atoms with E-state index >= 15 is 0 Å². The molecule has 1 N–H and O–H groups in total. The van der Waals surface area contributed by atoms with E-state index in [1.807, 2.05) is 12.1 Å². The first-order valence-corrected chi connectivity index (χ1v) is 7.36. The van der Waals surface area contributed by atoms with Gasteiger partial charge < -0.3 is 0 Å². The van der Waals surface area contributed by atoms with Crippen LogP contribution in [0.3, 0.4) is 0 Å². The Kier molecular flexibility index (Phi) is 2.89. The van der Waals surface area contributed by atoms with Gasteiger partial charge in [-0.15, -0.1) is 10.2 Å². The van der Waals surface area contributed by atoms with Gasteiger partial charge in [0.2, 0.25) is 5.82 Å². The van der Waals surface area contributed by atoms with Crippen LogP contribution in [0.15, 0.2) is 59.7 Å². The van der Waals surface area contributed by atoms with Gasteiger partial charge >= 0.3 is 0 Å². The van der Waals surface area contributed by atoms with E-state index < -0.39 is 0 Å². The summed E-state index contributed by atoms with van der Waals surface area (Å²) in [6.45, 7) is 4.31. The number of tetrazole rings is 1. The number of aromatic nitrogens is 4. The monoisotopic (exact) mass is 288 g/mol. The number of fused-ring (bicyclic) bond motifs is 1. The maximum absolute atomic E-state index is 4.23. The van der Waals surface area contributed by atoms with Crippen LogP contribution in [0.4, 0.5) is 0 Å². The molecule has 0 spiro atoms. The number of rotatable bonds is 2. The summed E-state index contributed by atoms with van der Waals surface area (Å²) in [5.74, 6) is 0.927. The van der Waals surface area contributed by atoms with Crippen molar-refractivity contribution < 1.29 is 0 Å². The summed E-state index contributed by atoms with van der Waals surface area (Å²) < 4.78 is 0. The molecule has 1 aliphatic carbocycles. The van der Waals surface area contributed by atoms with Crippen LogP contribution >= 0.6 is 0 Å². The van der Waals surface area contributed by atoms with E-state index in [0.717, 1.165) is 10.9 Å². The van der Waals surface area contributed by atoms with E-state index in [-0.39, 0.29) is 5.92 Å². The van der Waals surface area contributed by atoms with Gasteiger partial charge in [-0.05, 0) is 35.4 Å². The van der Waals surface area contributed by atoms with E-state index in [2.05, 4.69) is 70.9 Å². The largest absolute Gasteiger partial charge is 0.205 e. The Morgan fingerprint density at radius 1 is 1.05 bits per heavy atom. The molecule has 3 aromatic rings. The molecule has 0 fully saturated rings. The van der Waals surface area contributed by atoms with Gasteiger partial charge in [0, 0.05) is 11.5 Å². The molecule has 1 aromatic heterocycles. The lowest BCUT2D eigenvalue weighted by molar-refractivity contribution is 0.881. The van der Waals surface area contributed by atoms with Crippen molar-refractivity contribution in [2.45, 2.75) is 19.8 Å². The molecule has 1 unspecified atom stereocenters. The van der Waals surface area contributed by atoms with Crippen molar-refractivity contribution in [2.24, 2.45) is 0 Å². The Labute approximate surface area is 128 Å². The predicted molar refractivity (Wildman–Crippen MR) is 87.4 cm³/mol. The summed E-state index contributed by atoms with van der Waals surface area (Å²) in [6, 6.07) is 12.7. The van der Waals surface area contributed by atoms with Crippen molar-refractivity contribution in [3.8, 4) is 11.4 Å². The Balaban J connectivity index is 2.03. The lowest BCUT2D eigenvalue weighted by Gasteiger charge is -2.16. The van der Waals surface area contributed by atoms with Crippen LogP contribution in [-0.4, -0.2) is 20.6 Å². The second kappa shape index (κ2) is 4.91. The van der Waals surface area contributed by atoms with Gasteiger partial charge in [0.15, 0.2) is 0 Å². The fourth-order valence-electron chi connectivity index (χ4n) is 3.29. The van der Waals surface area contributed by atoms with E-state index in [9.17, 15) is 0 Å². The predicted octanol–water partition coefficient (Wildman–Crippen LogP) is 4.01. The highest BCUT2D eigenvalue weighted by Gasteiger charge is 2.23. The smallest absolute Gasteiger partial charge is 0.177 e. The van der Waals surface area contributed by atoms with Gasteiger partial charge in [-0.25, -0.2) is 0 Å². The van der Waals surface area contributed by atoms with Crippen molar-refractivity contribution in [1.29, 1.82) is 0 Å². The van der Waals surface area contributed by atoms with Crippen LogP contribution in [0.1, 0.15) is 25.3 Å². The number of aromatic amines is 1. The average Bonchev–Trinajstić information content (AvgIpc) is 3.15. The van der Waals surface area contributed by atoms with Crippen molar-refractivity contribution in [2.75, 3.05) is 0 Å². The summed E-state index contributed by atoms with van der Waals surface area (Å²) >= 11 is 0. The molecule has 4 rings (SSSR count). The third kappa shape index (κ3) is 1.96. The summed E-state index contributed by atoms with van der Waals surface area (Å²) in [6.07, 6.45) is 4.53. The van der Waals surface area contributed by atoms with Gasteiger partial charge in [-0.2, -0.15) is 5.21 Å². The number of nitrogens with one attached hydrogen (secondary N) is 1. The number of nitrogens with zero attached hydrogens (tertiary/aromatic N) is 3. The first-order valence-electron chi connectivity index (χ1n) is 7.36. The zero-order valence-electron chi connectivity index (χ0n) is 12.5. The van der Waals surface area contributed by atoms with Crippen LogP contribution in [-0.2, 0) is 0 Å². The third-order valence-corrected chi connectivity index (χ3v) is 4.24. The number of allylic oxidation sites excluding steroid dienone is 4. The Morgan fingerprint density at radius 3 is 2.64 bits per heavy atom. The zero-order chi connectivity index (χ0) is 15.1. The second-order valence-electron chi connectivity index (χ2n) is 5.76. The van der Waals surface area contributed by atoms with Crippen LogP contribution in [0.2, 0.25) is 0 Å².